The Labute approximate surface area is 300 Å². The summed E-state index contributed by atoms with van der Waals surface area (Å²) in [7, 11) is 3.81. The van der Waals surface area contributed by atoms with Gasteiger partial charge in [-0.25, -0.2) is 26.6 Å². The molecule has 4 rings (SSSR count). The van der Waals surface area contributed by atoms with E-state index in [0.717, 1.165) is 24.4 Å². The third kappa shape index (κ3) is 8.65. The Morgan fingerprint density at radius 1 is 1.08 bits per heavy atom. The highest BCUT2D eigenvalue weighted by molar-refractivity contribution is 7.98. The van der Waals surface area contributed by atoms with Crippen molar-refractivity contribution in [2.45, 2.75) is 54.0 Å². The summed E-state index contributed by atoms with van der Waals surface area (Å²) in [4.78, 5) is 15.9. The summed E-state index contributed by atoms with van der Waals surface area (Å²) in [6.07, 6.45) is 2.06. The van der Waals surface area contributed by atoms with Gasteiger partial charge < -0.3 is 14.3 Å². The van der Waals surface area contributed by atoms with Crippen molar-refractivity contribution in [3.8, 4) is 11.4 Å². The number of carbonyl (C=O) groups is 1. The molecule has 0 saturated heterocycles. The van der Waals surface area contributed by atoms with Crippen LogP contribution in [-0.4, -0.2) is 85.7 Å². The smallest absolute Gasteiger partial charge is 0.322 e. The Morgan fingerprint density at radius 3 is 2.26 bits per heavy atom. The Kier molecular flexibility index (Phi) is 12.0. The number of hydrogen-bond acceptors (Lipinski definition) is 6. The minimum absolute atomic E-state index is 0.0192. The normalized spacial score (nSPS) is 13.1. The lowest BCUT2D eigenvalue weighted by Crippen LogP contribution is -2.43. The molecule has 1 aromatic heterocycles. The number of benzene rings is 3. The zero-order chi connectivity index (χ0) is 37.2. The summed E-state index contributed by atoms with van der Waals surface area (Å²) in [6, 6.07) is 11.0. The van der Waals surface area contributed by atoms with Crippen LogP contribution in [0.3, 0.4) is 0 Å². The Bertz CT molecular complexity index is 1940. The second-order valence-electron chi connectivity index (χ2n) is 13.4. The number of sulfonamides is 1. The molecule has 0 fully saturated rings. The van der Waals surface area contributed by atoms with Crippen LogP contribution < -0.4 is 4.74 Å². The van der Waals surface area contributed by atoms with Crippen molar-refractivity contribution in [2.75, 3.05) is 41.8 Å². The average molecular weight is 754 g/mol. The largest absolute Gasteiger partial charge is 0.495 e. The van der Waals surface area contributed by atoms with Crippen molar-refractivity contribution in [3.63, 3.8) is 0 Å². The average Bonchev–Trinajstić information content (AvgIpc) is 3.47. The molecule has 270 valence electrons. The van der Waals surface area contributed by atoms with E-state index in [1.165, 1.54) is 19.2 Å². The molecule has 0 bridgehead atoms. The SMILES string of the molecule is COc1cc(C(C)(C)c2cnc(SCc3c(F)cc(S(=O)(=O)N(C)C(CCC[N+](C)(C)C)C(=O)O)cc3F)n2-c2ccc(F)cc2)ccc1Cl. The molecule has 3 aromatic carbocycles. The molecule has 1 heterocycles. The van der Waals surface area contributed by atoms with Crippen molar-refractivity contribution in [3.05, 3.63) is 100 Å². The van der Waals surface area contributed by atoms with Gasteiger partial charge in [-0.2, -0.15) is 4.31 Å². The molecule has 9 nitrogen and oxygen atoms in total. The molecule has 4 aromatic rings. The number of quaternary nitrogens is 1. The van der Waals surface area contributed by atoms with E-state index < -0.39 is 55.4 Å². The number of carboxylic acid groups (broad SMARTS) is 1. The molecule has 50 heavy (non-hydrogen) atoms. The van der Waals surface area contributed by atoms with Crippen LogP contribution in [0.5, 0.6) is 5.75 Å². The molecule has 1 atom stereocenters. The van der Waals surface area contributed by atoms with Gasteiger partial charge in [-0.1, -0.05) is 43.3 Å². The molecule has 0 aliphatic rings. The molecule has 0 amide bonds. The number of carboxylic acids is 1. The number of aliphatic carboxylic acids is 1. The van der Waals surface area contributed by atoms with E-state index in [1.54, 1.807) is 35.0 Å². The lowest BCUT2D eigenvalue weighted by molar-refractivity contribution is -0.870. The van der Waals surface area contributed by atoms with Crippen molar-refractivity contribution in [2.24, 2.45) is 0 Å². The van der Waals surface area contributed by atoms with E-state index >= 15 is 8.78 Å². The van der Waals surface area contributed by atoms with E-state index in [1.807, 2.05) is 41.1 Å². The van der Waals surface area contributed by atoms with Crippen LogP contribution in [0, 0.1) is 17.5 Å². The van der Waals surface area contributed by atoms with Gasteiger partial charge in [0, 0.05) is 29.5 Å². The molecule has 15 heteroatoms. The number of thioether (sulfide) groups is 1. The number of hydrogen-bond donors (Lipinski definition) is 1. The highest BCUT2D eigenvalue weighted by Crippen LogP contribution is 2.39. The van der Waals surface area contributed by atoms with Crippen molar-refractivity contribution >= 4 is 39.4 Å². The van der Waals surface area contributed by atoms with Gasteiger partial charge in [0.15, 0.2) is 5.16 Å². The number of ether oxygens (including phenoxy) is 1. The Balaban J connectivity index is 1.66. The number of imidazole rings is 1. The van der Waals surface area contributed by atoms with Crippen LogP contribution in [0.1, 0.15) is 43.5 Å². The van der Waals surface area contributed by atoms with Gasteiger partial charge in [-0.05, 0) is 66.9 Å². The summed E-state index contributed by atoms with van der Waals surface area (Å²) in [5, 5.41) is 10.6. The van der Waals surface area contributed by atoms with Crippen LogP contribution in [0.4, 0.5) is 13.2 Å². The third-order valence-electron chi connectivity index (χ3n) is 8.50. The van der Waals surface area contributed by atoms with Gasteiger partial charge in [0.2, 0.25) is 10.0 Å². The molecule has 0 saturated carbocycles. The van der Waals surface area contributed by atoms with Gasteiger partial charge in [0.1, 0.15) is 29.2 Å². The first kappa shape index (κ1) is 39.2. The number of halogens is 4. The first-order valence-electron chi connectivity index (χ1n) is 15.6. The predicted octanol–water partition coefficient (Wildman–Crippen LogP) is 7.13. The van der Waals surface area contributed by atoms with Crippen LogP contribution in [-0.2, 0) is 26.0 Å². The summed E-state index contributed by atoms with van der Waals surface area (Å²) in [6.45, 7) is 4.51. The molecule has 0 radical (unpaired) electrons. The number of likely N-dealkylation sites (N-methyl/N-ethyl adjacent to an activating group) is 1. The van der Waals surface area contributed by atoms with E-state index in [9.17, 15) is 22.7 Å². The van der Waals surface area contributed by atoms with Crippen molar-refractivity contribution < 1.29 is 40.7 Å². The van der Waals surface area contributed by atoms with E-state index in [2.05, 4.69) is 4.98 Å². The minimum atomic E-state index is -4.58. The zero-order valence-corrected chi connectivity index (χ0v) is 31.3. The number of methoxy groups -OCH3 is 1. The summed E-state index contributed by atoms with van der Waals surface area (Å²) < 4.78 is 80.2. The maximum absolute atomic E-state index is 15.5. The Morgan fingerprint density at radius 2 is 1.70 bits per heavy atom. The highest BCUT2D eigenvalue weighted by Gasteiger charge is 2.35. The molecular formula is C35H41ClF3N4O5S2+. The van der Waals surface area contributed by atoms with Crippen LogP contribution >= 0.6 is 23.4 Å². The topological polar surface area (TPSA) is 102 Å². The van der Waals surface area contributed by atoms with Crippen LogP contribution in [0.15, 0.2) is 70.8 Å². The molecule has 1 N–H and O–H groups in total. The molecule has 0 aliphatic heterocycles. The van der Waals surface area contributed by atoms with Crippen LogP contribution in [0.2, 0.25) is 5.02 Å². The first-order valence-corrected chi connectivity index (χ1v) is 18.4. The number of rotatable bonds is 15. The van der Waals surface area contributed by atoms with Crippen molar-refractivity contribution in [1.82, 2.24) is 13.9 Å². The monoisotopic (exact) mass is 753 g/mol. The van der Waals surface area contributed by atoms with E-state index in [-0.39, 0.29) is 12.2 Å². The fraction of sp³-hybridized carbons (Fsp3) is 0.371. The van der Waals surface area contributed by atoms with Crippen molar-refractivity contribution in [1.29, 1.82) is 0 Å². The maximum Gasteiger partial charge on any atom is 0.322 e. The molecule has 0 aliphatic carbocycles. The lowest BCUT2D eigenvalue weighted by atomic mass is 9.81. The quantitative estimate of drug-likeness (QED) is 0.102. The fourth-order valence-corrected chi connectivity index (χ4v) is 8.04. The van der Waals surface area contributed by atoms with Gasteiger partial charge in [-0.3, -0.25) is 9.36 Å². The highest BCUT2D eigenvalue weighted by atomic mass is 35.5. The standard InChI is InChI=1S/C35H40ClF3N4O5S2/c1-35(2,22-10-15-27(36)31(17-22)48-7)32-20-40-34(42(32)24-13-11-23(37)12-14-24)49-21-26-28(38)18-25(19-29(26)39)50(46,47)41(3)30(33(44)45)9-8-16-43(4,5)6/h10-15,17-20,30H,8-9,16,21H2,1-7H3/p+1. The van der Waals surface area contributed by atoms with Gasteiger partial charge in [0.25, 0.3) is 0 Å². The van der Waals surface area contributed by atoms with E-state index in [0.29, 0.717) is 61.2 Å². The lowest BCUT2D eigenvalue weighted by Gasteiger charge is -2.28. The number of aromatic nitrogens is 2. The zero-order valence-electron chi connectivity index (χ0n) is 28.9. The third-order valence-corrected chi connectivity index (χ3v) is 11.6. The second-order valence-corrected chi connectivity index (χ2v) is 16.7. The predicted molar refractivity (Wildman–Crippen MR) is 188 cm³/mol. The number of nitrogens with zero attached hydrogens (tertiary/aromatic N) is 4. The van der Waals surface area contributed by atoms with Gasteiger partial charge >= 0.3 is 5.97 Å². The van der Waals surface area contributed by atoms with Gasteiger partial charge in [-0.15, -0.1) is 0 Å². The summed E-state index contributed by atoms with van der Waals surface area (Å²) in [5.41, 5.74) is 0.948. The fourth-order valence-electron chi connectivity index (χ4n) is 5.47. The molecule has 1 unspecified atom stereocenters. The second kappa shape index (κ2) is 15.4. The van der Waals surface area contributed by atoms with Gasteiger partial charge in [0.05, 0.1) is 56.6 Å². The Hall–Kier alpha value is -3.56. The molecular weight excluding hydrogens is 713 g/mol. The maximum atomic E-state index is 15.5. The summed E-state index contributed by atoms with van der Waals surface area (Å²) >= 11 is 7.27. The minimum Gasteiger partial charge on any atom is -0.495 e. The van der Waals surface area contributed by atoms with E-state index in [4.69, 9.17) is 16.3 Å². The van der Waals surface area contributed by atoms with Crippen LogP contribution in [0.25, 0.3) is 5.69 Å². The first-order chi connectivity index (χ1) is 23.3. The molecule has 0 spiro atoms. The summed E-state index contributed by atoms with van der Waals surface area (Å²) in [5.74, 6) is -3.84.